The van der Waals surface area contributed by atoms with Crippen LogP contribution in [0, 0.1) is 5.41 Å². The lowest BCUT2D eigenvalue weighted by Gasteiger charge is -2.29. The molecule has 54 nitrogen and oxygen atoms in total. The van der Waals surface area contributed by atoms with Gasteiger partial charge < -0.3 is 152 Å². The van der Waals surface area contributed by atoms with Crippen molar-refractivity contribution in [1.82, 2.24) is 89.1 Å². The fraction of sp³-hybridized carbons (Fsp3) is 0.467. The normalized spacial score (nSPS) is 17.1. The van der Waals surface area contributed by atoms with E-state index in [0.29, 0.717) is 16.5 Å². The Bertz CT molecular complexity index is 5790. The molecule has 1 fully saturated rings. The Labute approximate surface area is 830 Å². The van der Waals surface area contributed by atoms with Crippen LogP contribution in [0.5, 0.6) is 17.2 Å². The van der Waals surface area contributed by atoms with E-state index in [0.717, 1.165) is 19.1 Å². The van der Waals surface area contributed by atoms with Gasteiger partial charge in [-0.1, -0.05) is 6.07 Å². The number of aromatic hydroxyl groups is 3. The number of phenols is 3. The summed E-state index contributed by atoms with van der Waals surface area (Å²) in [5, 5.41) is 175. The standard InChI is InChI=1S/C90H118N22O32S/c1-44(117)74-86(138)94-27-5-3-12-55(78(130)103-58(15-10-32-111(143)43-116)82(134)108-75(45(2)118)87(139)109-74)102-79(131)57(14-9-31-110(142)42-115)105-83(135)61(40-113)106-80(132)56(13-8-29-95-89(91)92)104-84(136)62(41-114)107-85(137)63-26-30-93-76-60(33-46-34-65(121)66(122)38-64(46)112(63)76)100-70(124)17-7-16-69(123)99-59(24-25-71(125)126)81(133)101-54(77(129)97-39-72(127)128)11-4-6-28-96-90(145)98-47-18-21-50(53(35-47)88(140)141)73-51-22-19-48(119)36-67(51)144-68-37-49(120)20-23-52(68)73/h18-23,33-38,42-45,54-59,61-63,74-75,113-114,117-119,121-122,142-143H,3-17,24-32,39-41H2,1-2H3,(H,94,138)(H,97,129)(H,99,123)(H,100,124)(H,101,133)(H,102,131)(H,103,130)(H,104,136)(H,105,135)(H,106,132)(H,107,137)(H,108,134)(H,109,139)(H,125,126)(H,127,128)(H,140,141)(H4,91,92,95)(H2,96,98,145)/p+1. The van der Waals surface area contributed by atoms with Gasteiger partial charge in [0.05, 0.1) is 43.1 Å². The van der Waals surface area contributed by atoms with Gasteiger partial charge in [0.15, 0.2) is 39.2 Å². The van der Waals surface area contributed by atoms with Crippen LogP contribution in [0.25, 0.3) is 44.3 Å². The number of hydroxylamine groups is 4. The molecule has 4 aliphatic rings. The van der Waals surface area contributed by atoms with Gasteiger partial charge in [-0.05, 0) is 164 Å². The molecule has 0 radical (unpaired) electrons. The van der Waals surface area contributed by atoms with Crippen molar-refractivity contribution < 1.29 is 152 Å². The summed E-state index contributed by atoms with van der Waals surface area (Å²) < 4.78 is 7.19. The van der Waals surface area contributed by atoms with Crippen LogP contribution in [0.15, 0.2) is 82.0 Å². The van der Waals surface area contributed by atoms with Crippen LogP contribution in [0.1, 0.15) is 146 Å². The minimum absolute atomic E-state index is 0.0125. The van der Waals surface area contributed by atoms with Gasteiger partial charge in [-0.25, -0.2) is 19.5 Å². The highest BCUT2D eigenvalue weighted by Gasteiger charge is 2.41. The Balaban J connectivity index is 0.914. The Morgan fingerprint density at radius 2 is 1.17 bits per heavy atom. The number of fused-ring (bicyclic) bond motifs is 5. The quantitative estimate of drug-likeness (QED) is 0.00164. The number of aromatic nitrogens is 1. The highest BCUT2D eigenvalue weighted by atomic mass is 32.1. The number of aliphatic hydroxyl groups is 4. The Hall–Kier alpha value is -15.9. The van der Waals surface area contributed by atoms with E-state index in [2.05, 4.69) is 90.4 Å². The molecular weight excluding hydrogens is 1930 g/mol. The molecule has 55 heteroatoms. The third-order valence-corrected chi connectivity index (χ3v) is 23.3. The number of rotatable bonds is 50. The zero-order valence-electron chi connectivity index (χ0n) is 78.5. The van der Waals surface area contributed by atoms with Gasteiger partial charge in [-0.3, -0.25) is 102 Å². The molecule has 32 N–H and O–H groups in total. The molecule has 786 valence electrons. The third-order valence-electron chi connectivity index (χ3n) is 23.1. The number of aliphatic hydroxyl groups excluding tert-OH is 4. The van der Waals surface area contributed by atoms with Crippen LogP contribution in [0.4, 0.5) is 17.2 Å². The number of carbonyl (C=O) groups is 18. The number of anilines is 3. The van der Waals surface area contributed by atoms with Gasteiger partial charge in [-0.15, -0.1) is 0 Å². The number of thiocarbonyl (C=S) groups is 1. The Morgan fingerprint density at radius 1 is 0.579 bits per heavy atom. The van der Waals surface area contributed by atoms with Gasteiger partial charge >= 0.3 is 17.9 Å². The molecule has 0 bridgehead atoms. The first-order valence-electron chi connectivity index (χ1n) is 46.0. The first kappa shape index (κ1) is 114. The zero-order chi connectivity index (χ0) is 107. The number of aromatic carboxylic acids is 1. The summed E-state index contributed by atoms with van der Waals surface area (Å²) in [5.74, 6) is -20.1. The Morgan fingerprint density at radius 3 is 1.82 bits per heavy atom. The summed E-state index contributed by atoms with van der Waals surface area (Å²) in [6.07, 6.45) is -7.66. The lowest BCUT2D eigenvalue weighted by molar-refractivity contribution is -0.150. The van der Waals surface area contributed by atoms with E-state index in [4.69, 9.17) is 27.8 Å². The maximum atomic E-state index is 14.8. The molecule has 8 rings (SSSR count). The molecule has 1 aromatic heterocycles. The molecule has 4 aromatic rings. The van der Waals surface area contributed by atoms with Crippen molar-refractivity contribution in [1.29, 1.82) is 5.41 Å². The second-order valence-electron chi connectivity index (χ2n) is 34.1. The number of aliphatic carboxylic acids is 2. The zero-order valence-corrected chi connectivity index (χ0v) is 79.4. The number of amides is 15. The van der Waals surface area contributed by atoms with E-state index in [1.54, 1.807) is 12.1 Å². The molecule has 3 aliphatic heterocycles. The number of hydrogen-bond donors (Lipinski definition) is 31. The molecule has 0 saturated carbocycles. The van der Waals surface area contributed by atoms with E-state index in [-0.39, 0.29) is 193 Å². The average Bonchev–Trinajstić information content (AvgIpc) is 0.749. The van der Waals surface area contributed by atoms with Gasteiger partial charge in [-0.2, -0.15) is 0 Å². The largest absolute Gasteiger partial charge is 0.508 e. The number of carbonyl (C=O) groups excluding carboxylic acids is 15. The second kappa shape index (κ2) is 55.5. The first-order valence-corrected chi connectivity index (χ1v) is 46.4. The number of hydrogen-bond acceptors (Lipinski definition) is 32. The van der Waals surface area contributed by atoms with Crippen molar-refractivity contribution in [3.63, 3.8) is 0 Å². The summed E-state index contributed by atoms with van der Waals surface area (Å²) in [6.45, 7) is -2.16. The molecule has 0 spiro atoms. The number of phenolic OH excluding ortho intramolecular Hbond substituents is 3. The topological polar surface area (TPSA) is 846 Å². The molecule has 13 atom stereocenters. The lowest BCUT2D eigenvalue weighted by Crippen LogP contribution is -2.62. The summed E-state index contributed by atoms with van der Waals surface area (Å²) in [7, 11) is 0. The maximum Gasteiger partial charge on any atom is 0.336 e. The SMILES string of the molecule is CC(O)C1NC(=O)C(CCCN(O)C=O)NC(=O)C(NC(=O)C(CCCN(O)C=O)NC(=O)C(CO)NC(=O)C(CCCNC(=N)N)NC(=O)C(CO)NC(=O)C2CCN[c+]3c(NC(=O)CCCC(=O)NC(CCC(=O)O)C(=O)NC(CCCCNC(=S)Nc4ccc(-c5c6ccc(=O)cc-6oc6cc(O)ccc56)c(C(=O)O)c4)C(=O)NCC(=O)O)cc4cc(O)c(O)cc4n32)CCCCNC(=O)C(C(C)O)NC1=O. The van der Waals surface area contributed by atoms with E-state index < -0.39 is 262 Å². The summed E-state index contributed by atoms with van der Waals surface area (Å²) in [5.41, 5.74) is 6.34. The van der Waals surface area contributed by atoms with E-state index in [1.165, 1.54) is 60.0 Å². The van der Waals surface area contributed by atoms with Crippen LogP contribution >= 0.6 is 12.2 Å². The summed E-state index contributed by atoms with van der Waals surface area (Å²) in [4.78, 5) is 255. The van der Waals surface area contributed by atoms with E-state index in [1.807, 2.05) is 0 Å². The van der Waals surface area contributed by atoms with Gasteiger partial charge in [0, 0.05) is 98.9 Å². The van der Waals surface area contributed by atoms with Gasteiger partial charge in [0.25, 0.3) is 0 Å². The fourth-order valence-electron chi connectivity index (χ4n) is 15.7. The smallest absolute Gasteiger partial charge is 0.336 e. The van der Waals surface area contributed by atoms with E-state index in [9.17, 15) is 153 Å². The van der Waals surface area contributed by atoms with Crippen LogP contribution in [0.2, 0.25) is 0 Å². The highest BCUT2D eigenvalue weighted by Crippen LogP contribution is 2.44. The van der Waals surface area contributed by atoms with Crippen LogP contribution in [-0.4, -0.2) is 326 Å². The highest BCUT2D eigenvalue weighted by molar-refractivity contribution is 7.80. The van der Waals surface area contributed by atoms with Crippen molar-refractivity contribution in [2.45, 2.75) is 208 Å². The van der Waals surface area contributed by atoms with Crippen molar-refractivity contribution in [3.05, 3.63) is 88.6 Å². The lowest BCUT2D eigenvalue weighted by atomic mass is 9.90. The molecule has 15 amide bonds. The third kappa shape index (κ3) is 34.2. The number of carboxylic acids is 3. The summed E-state index contributed by atoms with van der Waals surface area (Å²) >= 11 is 5.51. The number of benzene rings is 4. The molecule has 4 heterocycles. The maximum absolute atomic E-state index is 14.8. The molecule has 1 aliphatic carbocycles. The number of unbranched alkanes of at least 4 members (excludes halogenated alkanes) is 1. The average molecular weight is 2050 g/mol. The Kier molecular flexibility index (Phi) is 43.8. The molecule has 13 unspecified atom stereocenters. The van der Waals surface area contributed by atoms with Crippen LogP contribution in [0.3, 0.4) is 0 Å². The number of carboxylic acid groups (broad SMARTS) is 3. The number of pyridine rings is 1. The fourth-order valence-corrected chi connectivity index (χ4v) is 15.9. The van der Waals surface area contributed by atoms with Crippen LogP contribution in [-0.2, 0) is 81.5 Å². The van der Waals surface area contributed by atoms with Gasteiger partial charge in [0.1, 0.15) is 95.5 Å². The molecular formula is C90H119N22O32S+. The first-order chi connectivity index (χ1) is 68.9. The minimum atomic E-state index is -2.04. The second-order valence-corrected chi connectivity index (χ2v) is 34.5. The monoisotopic (exact) mass is 2050 g/mol. The molecule has 145 heavy (non-hydrogen) atoms. The van der Waals surface area contributed by atoms with Gasteiger partial charge in [0.2, 0.25) is 95.4 Å². The van der Waals surface area contributed by atoms with Crippen molar-refractivity contribution in [2.24, 2.45) is 5.73 Å². The summed E-state index contributed by atoms with van der Waals surface area (Å²) in [6, 6.07) is -2.73. The van der Waals surface area contributed by atoms with Crippen molar-refractivity contribution in [3.8, 4) is 39.7 Å². The minimum Gasteiger partial charge on any atom is -0.508 e. The number of nitrogens with two attached hydrogens (primary N) is 1. The number of nitrogens with one attached hydrogen (secondary N) is 18. The van der Waals surface area contributed by atoms with Crippen molar-refractivity contribution >= 4 is 170 Å². The molecule has 1 saturated heterocycles. The number of nitrogens with zero attached hydrogens (tertiary/aromatic N) is 3. The molecule has 3 aromatic carbocycles. The number of guanidine groups is 1. The van der Waals surface area contributed by atoms with Crippen LogP contribution < -0.4 is 102 Å². The predicted octanol–water partition coefficient (Wildman–Crippen LogP) is -4.28. The van der Waals surface area contributed by atoms with Crippen molar-refractivity contribution in [2.75, 3.05) is 75.0 Å². The van der Waals surface area contributed by atoms with E-state index >= 15 is 0 Å². The predicted molar refractivity (Wildman–Crippen MR) is 513 cm³/mol.